The van der Waals surface area contributed by atoms with Gasteiger partial charge in [0.05, 0.1) is 0 Å². The van der Waals surface area contributed by atoms with Crippen molar-refractivity contribution in [1.82, 2.24) is 20.4 Å². The monoisotopic (exact) mass is 570 g/mol. The number of piperazine rings is 1. The van der Waals surface area contributed by atoms with E-state index in [4.69, 9.17) is 4.99 Å². The SMILES string of the molecule is CCNC(=NCCCN1CCN(c2cccc(C)c2)CC1)NC1CCN(C(=O)C(C)C)C1.I. The maximum Gasteiger partial charge on any atom is 0.225 e. The fourth-order valence-electron chi connectivity index (χ4n) is 4.50. The number of carbonyl (C=O) groups excluding carboxylic acids is 1. The van der Waals surface area contributed by atoms with Crippen LogP contribution in [0.15, 0.2) is 29.3 Å². The van der Waals surface area contributed by atoms with Gasteiger partial charge in [-0.2, -0.15) is 0 Å². The average molecular weight is 571 g/mol. The molecular weight excluding hydrogens is 527 g/mol. The van der Waals surface area contributed by atoms with E-state index in [1.165, 1.54) is 11.3 Å². The van der Waals surface area contributed by atoms with E-state index in [2.05, 4.69) is 58.5 Å². The fraction of sp³-hybridized carbons (Fsp3) is 0.680. The van der Waals surface area contributed by atoms with Gasteiger partial charge in [0.1, 0.15) is 0 Å². The molecular formula is C25H43IN6O. The number of guanidine groups is 1. The van der Waals surface area contributed by atoms with Crippen molar-refractivity contribution >= 4 is 41.5 Å². The first kappa shape index (κ1) is 27.7. The highest BCUT2D eigenvalue weighted by molar-refractivity contribution is 14.0. The van der Waals surface area contributed by atoms with Crippen LogP contribution in [0.25, 0.3) is 0 Å². The van der Waals surface area contributed by atoms with Crippen LogP contribution in [0.5, 0.6) is 0 Å². The Hall–Kier alpha value is -1.55. The summed E-state index contributed by atoms with van der Waals surface area (Å²) in [4.78, 5) is 24.0. The molecule has 186 valence electrons. The lowest BCUT2D eigenvalue weighted by Crippen LogP contribution is -2.47. The Labute approximate surface area is 217 Å². The zero-order valence-electron chi connectivity index (χ0n) is 20.8. The summed E-state index contributed by atoms with van der Waals surface area (Å²) in [6.07, 6.45) is 2.04. The molecule has 3 rings (SSSR count). The Morgan fingerprint density at radius 3 is 2.61 bits per heavy atom. The number of aliphatic imine (C=N–C) groups is 1. The third-order valence-corrected chi connectivity index (χ3v) is 6.32. The third-order valence-electron chi connectivity index (χ3n) is 6.32. The minimum atomic E-state index is 0. The van der Waals surface area contributed by atoms with Crippen molar-refractivity contribution in [2.24, 2.45) is 10.9 Å². The van der Waals surface area contributed by atoms with Crippen molar-refractivity contribution in [3.63, 3.8) is 0 Å². The van der Waals surface area contributed by atoms with Crippen LogP contribution in [-0.4, -0.2) is 86.6 Å². The molecule has 2 heterocycles. The highest BCUT2D eigenvalue weighted by Gasteiger charge is 2.28. The second-order valence-corrected chi connectivity index (χ2v) is 9.35. The van der Waals surface area contributed by atoms with Crippen LogP contribution in [0.1, 0.15) is 39.2 Å². The molecule has 1 aromatic rings. The predicted octanol–water partition coefficient (Wildman–Crippen LogP) is 2.94. The second kappa shape index (κ2) is 14.0. The molecule has 1 aromatic carbocycles. The Bertz CT molecular complexity index is 763. The number of hydrogen-bond donors (Lipinski definition) is 2. The van der Waals surface area contributed by atoms with E-state index in [9.17, 15) is 4.79 Å². The number of halogens is 1. The summed E-state index contributed by atoms with van der Waals surface area (Å²) >= 11 is 0. The lowest BCUT2D eigenvalue weighted by molar-refractivity contribution is -0.133. The van der Waals surface area contributed by atoms with Gasteiger partial charge in [0.25, 0.3) is 0 Å². The van der Waals surface area contributed by atoms with Crippen LogP contribution < -0.4 is 15.5 Å². The first-order chi connectivity index (χ1) is 15.5. The molecule has 1 atom stereocenters. The zero-order valence-corrected chi connectivity index (χ0v) is 23.2. The van der Waals surface area contributed by atoms with Crippen LogP contribution in [0.2, 0.25) is 0 Å². The molecule has 8 heteroatoms. The van der Waals surface area contributed by atoms with Gasteiger partial charge in [-0.3, -0.25) is 14.7 Å². The topological polar surface area (TPSA) is 63.2 Å². The summed E-state index contributed by atoms with van der Waals surface area (Å²) in [5, 5.41) is 6.89. The number of aryl methyl sites for hydroxylation is 1. The highest BCUT2D eigenvalue weighted by atomic mass is 127. The Kier molecular flexibility index (Phi) is 11.7. The summed E-state index contributed by atoms with van der Waals surface area (Å²) in [6, 6.07) is 9.09. The number of anilines is 1. The van der Waals surface area contributed by atoms with E-state index in [-0.39, 0.29) is 41.8 Å². The number of benzene rings is 1. The maximum absolute atomic E-state index is 12.2. The van der Waals surface area contributed by atoms with Crippen molar-refractivity contribution < 1.29 is 4.79 Å². The molecule has 2 aliphatic rings. The molecule has 2 aliphatic heterocycles. The Morgan fingerprint density at radius 1 is 1.18 bits per heavy atom. The number of nitrogens with zero attached hydrogens (tertiary/aromatic N) is 4. The molecule has 2 fully saturated rings. The van der Waals surface area contributed by atoms with E-state index in [0.29, 0.717) is 0 Å². The van der Waals surface area contributed by atoms with Gasteiger partial charge in [0.2, 0.25) is 5.91 Å². The minimum Gasteiger partial charge on any atom is -0.369 e. The molecule has 0 spiro atoms. The van der Waals surface area contributed by atoms with Gasteiger partial charge in [0, 0.05) is 76.5 Å². The molecule has 1 amide bonds. The van der Waals surface area contributed by atoms with Crippen molar-refractivity contribution in [3.05, 3.63) is 29.8 Å². The predicted molar refractivity (Wildman–Crippen MR) is 149 cm³/mol. The van der Waals surface area contributed by atoms with E-state index < -0.39 is 0 Å². The molecule has 1 unspecified atom stereocenters. The van der Waals surface area contributed by atoms with Gasteiger partial charge in [-0.25, -0.2) is 0 Å². The first-order valence-corrected chi connectivity index (χ1v) is 12.3. The number of likely N-dealkylation sites (tertiary alicyclic amines) is 1. The molecule has 0 aliphatic carbocycles. The first-order valence-electron chi connectivity index (χ1n) is 12.3. The number of hydrogen-bond acceptors (Lipinski definition) is 4. The van der Waals surface area contributed by atoms with Gasteiger partial charge in [-0.15, -0.1) is 24.0 Å². The molecule has 0 radical (unpaired) electrons. The summed E-state index contributed by atoms with van der Waals surface area (Å²) in [6.45, 7) is 16.9. The van der Waals surface area contributed by atoms with Crippen molar-refractivity contribution in [2.75, 3.05) is 63.8 Å². The molecule has 0 saturated carbocycles. The maximum atomic E-state index is 12.2. The number of rotatable bonds is 8. The average Bonchev–Trinajstić information content (AvgIpc) is 3.25. The number of nitrogens with one attached hydrogen (secondary N) is 2. The molecule has 0 bridgehead atoms. The van der Waals surface area contributed by atoms with Crippen LogP contribution in [0, 0.1) is 12.8 Å². The van der Waals surface area contributed by atoms with E-state index in [1.54, 1.807) is 0 Å². The number of amides is 1. The molecule has 33 heavy (non-hydrogen) atoms. The second-order valence-electron chi connectivity index (χ2n) is 9.35. The molecule has 2 saturated heterocycles. The molecule has 0 aromatic heterocycles. The van der Waals surface area contributed by atoms with Crippen LogP contribution in [0.4, 0.5) is 5.69 Å². The highest BCUT2D eigenvalue weighted by Crippen LogP contribution is 2.18. The zero-order chi connectivity index (χ0) is 22.9. The van der Waals surface area contributed by atoms with Gasteiger partial charge < -0.3 is 20.4 Å². The van der Waals surface area contributed by atoms with E-state index in [1.807, 2.05) is 18.7 Å². The minimum absolute atomic E-state index is 0. The summed E-state index contributed by atoms with van der Waals surface area (Å²) in [7, 11) is 0. The van der Waals surface area contributed by atoms with E-state index in [0.717, 1.165) is 77.7 Å². The lowest BCUT2D eigenvalue weighted by Gasteiger charge is -2.36. The quantitative estimate of drug-likeness (QED) is 0.218. The van der Waals surface area contributed by atoms with Crippen LogP contribution in [-0.2, 0) is 4.79 Å². The smallest absolute Gasteiger partial charge is 0.225 e. The van der Waals surface area contributed by atoms with Gasteiger partial charge in [0.15, 0.2) is 5.96 Å². The van der Waals surface area contributed by atoms with Gasteiger partial charge in [-0.05, 0) is 44.4 Å². The van der Waals surface area contributed by atoms with Crippen molar-refractivity contribution in [3.8, 4) is 0 Å². The standard InChI is InChI=1S/C25H42N6O.HI/c1-5-26-25(28-22-10-13-31(19-22)24(32)20(2)3)27-11-7-12-29-14-16-30(17-15-29)23-9-6-8-21(4)18-23;/h6,8-9,18,20,22H,5,7,10-17,19H2,1-4H3,(H2,26,27,28);1H. The summed E-state index contributed by atoms with van der Waals surface area (Å²) in [5.41, 5.74) is 2.67. The fourth-order valence-corrected chi connectivity index (χ4v) is 4.50. The number of carbonyl (C=O) groups is 1. The van der Waals surface area contributed by atoms with Crippen LogP contribution >= 0.6 is 24.0 Å². The third kappa shape index (κ3) is 8.63. The van der Waals surface area contributed by atoms with Gasteiger partial charge >= 0.3 is 0 Å². The summed E-state index contributed by atoms with van der Waals surface area (Å²) in [5.74, 6) is 1.19. The summed E-state index contributed by atoms with van der Waals surface area (Å²) < 4.78 is 0. The lowest BCUT2D eigenvalue weighted by atomic mass is 10.2. The van der Waals surface area contributed by atoms with Gasteiger partial charge in [-0.1, -0.05) is 26.0 Å². The molecule has 2 N–H and O–H groups in total. The van der Waals surface area contributed by atoms with Crippen molar-refractivity contribution in [1.29, 1.82) is 0 Å². The van der Waals surface area contributed by atoms with E-state index >= 15 is 0 Å². The Morgan fingerprint density at radius 2 is 1.94 bits per heavy atom. The van der Waals surface area contributed by atoms with Crippen molar-refractivity contribution in [2.45, 2.75) is 46.6 Å². The molecule has 7 nitrogen and oxygen atoms in total. The van der Waals surface area contributed by atoms with Crippen LogP contribution in [0.3, 0.4) is 0 Å². The largest absolute Gasteiger partial charge is 0.369 e. The normalized spacial score (nSPS) is 19.5. The Balaban J connectivity index is 0.00000385.